The standard InChI is InChI=1S/C21H25N5/c1-25-19(13-23-24-25)12-22-21-16-26(14-17-8-4-2-5-9-17)15-20(21)18-10-6-3-7-11-18/h2-11,13,20-22H,12,14-16H2,1H3/t20-,21+/m0/s1. The quantitative estimate of drug-likeness (QED) is 0.744. The van der Waals surface area contributed by atoms with Crippen LogP contribution >= 0.6 is 0 Å². The molecule has 1 aliphatic heterocycles. The lowest BCUT2D eigenvalue weighted by molar-refractivity contribution is 0.318. The first kappa shape index (κ1) is 16.9. The van der Waals surface area contributed by atoms with Crippen LogP contribution in [0.3, 0.4) is 0 Å². The van der Waals surface area contributed by atoms with Gasteiger partial charge in [0.1, 0.15) is 0 Å². The Bertz CT molecular complexity index is 815. The maximum atomic E-state index is 4.03. The van der Waals surface area contributed by atoms with Crippen molar-refractivity contribution in [3.63, 3.8) is 0 Å². The molecule has 1 aromatic heterocycles. The van der Waals surface area contributed by atoms with Gasteiger partial charge >= 0.3 is 0 Å². The number of aryl methyl sites for hydroxylation is 1. The number of likely N-dealkylation sites (tertiary alicyclic amines) is 1. The van der Waals surface area contributed by atoms with E-state index in [9.17, 15) is 0 Å². The predicted molar refractivity (Wildman–Crippen MR) is 103 cm³/mol. The summed E-state index contributed by atoms with van der Waals surface area (Å²) in [5.41, 5.74) is 3.89. The summed E-state index contributed by atoms with van der Waals surface area (Å²) in [6, 6.07) is 22.0. The van der Waals surface area contributed by atoms with Crippen LogP contribution in [0.5, 0.6) is 0 Å². The molecule has 0 unspecified atom stereocenters. The molecule has 0 bridgehead atoms. The summed E-state index contributed by atoms with van der Waals surface area (Å²) in [6.45, 7) is 3.90. The van der Waals surface area contributed by atoms with Crippen molar-refractivity contribution < 1.29 is 0 Å². The second kappa shape index (κ2) is 7.81. The highest BCUT2D eigenvalue weighted by Gasteiger charge is 2.33. The van der Waals surface area contributed by atoms with Crippen molar-refractivity contribution in [1.82, 2.24) is 25.2 Å². The lowest BCUT2D eigenvalue weighted by Gasteiger charge is -2.20. The first-order valence-electron chi connectivity index (χ1n) is 9.18. The fraction of sp³-hybridized carbons (Fsp3) is 0.333. The van der Waals surface area contributed by atoms with Crippen LogP contribution in [0.4, 0.5) is 0 Å². The minimum Gasteiger partial charge on any atom is -0.306 e. The lowest BCUT2D eigenvalue weighted by atomic mass is 9.94. The van der Waals surface area contributed by atoms with Gasteiger partial charge in [-0.25, -0.2) is 0 Å². The number of aromatic nitrogens is 3. The van der Waals surface area contributed by atoms with Crippen LogP contribution in [-0.2, 0) is 20.1 Å². The molecule has 4 rings (SSSR count). The third-order valence-electron chi connectivity index (χ3n) is 5.23. The zero-order valence-corrected chi connectivity index (χ0v) is 15.1. The largest absolute Gasteiger partial charge is 0.306 e. The van der Waals surface area contributed by atoms with Crippen LogP contribution in [-0.4, -0.2) is 39.0 Å². The Morgan fingerprint density at radius 2 is 1.73 bits per heavy atom. The van der Waals surface area contributed by atoms with Crippen molar-refractivity contribution in [2.75, 3.05) is 13.1 Å². The van der Waals surface area contributed by atoms with Crippen molar-refractivity contribution in [2.24, 2.45) is 7.05 Å². The minimum absolute atomic E-state index is 0.413. The zero-order valence-electron chi connectivity index (χ0n) is 15.1. The predicted octanol–water partition coefficient (Wildman–Crippen LogP) is 2.57. The van der Waals surface area contributed by atoms with E-state index in [2.05, 4.69) is 81.2 Å². The van der Waals surface area contributed by atoms with Gasteiger partial charge in [0.15, 0.2) is 0 Å². The molecular formula is C21H25N5. The molecule has 0 radical (unpaired) electrons. The number of hydrogen-bond donors (Lipinski definition) is 1. The molecule has 1 aliphatic rings. The van der Waals surface area contributed by atoms with Crippen LogP contribution < -0.4 is 5.32 Å². The monoisotopic (exact) mass is 347 g/mol. The van der Waals surface area contributed by atoms with Gasteiger partial charge in [-0.1, -0.05) is 65.9 Å². The van der Waals surface area contributed by atoms with Gasteiger partial charge in [0.05, 0.1) is 11.9 Å². The van der Waals surface area contributed by atoms with E-state index in [1.54, 1.807) is 0 Å². The number of nitrogens with zero attached hydrogens (tertiary/aromatic N) is 4. The number of nitrogens with one attached hydrogen (secondary N) is 1. The number of rotatable bonds is 6. The molecule has 1 fully saturated rings. The Hall–Kier alpha value is -2.50. The Labute approximate surface area is 154 Å². The summed E-state index contributed by atoms with van der Waals surface area (Å²) in [5.74, 6) is 0.487. The van der Waals surface area contributed by atoms with E-state index in [0.717, 1.165) is 31.9 Å². The van der Waals surface area contributed by atoms with E-state index in [1.807, 2.05) is 17.9 Å². The number of hydrogen-bond acceptors (Lipinski definition) is 4. The maximum Gasteiger partial charge on any atom is 0.0738 e. The highest BCUT2D eigenvalue weighted by molar-refractivity contribution is 5.24. The van der Waals surface area contributed by atoms with Gasteiger partial charge in [-0.15, -0.1) is 5.10 Å². The fourth-order valence-corrected chi connectivity index (χ4v) is 3.81. The lowest BCUT2D eigenvalue weighted by Crippen LogP contribution is -2.35. The van der Waals surface area contributed by atoms with Crippen molar-refractivity contribution in [3.05, 3.63) is 83.7 Å². The van der Waals surface area contributed by atoms with E-state index in [0.29, 0.717) is 12.0 Å². The fourth-order valence-electron chi connectivity index (χ4n) is 3.81. The Morgan fingerprint density at radius 3 is 2.42 bits per heavy atom. The van der Waals surface area contributed by atoms with Crippen LogP contribution in [0.1, 0.15) is 22.7 Å². The first-order valence-corrected chi connectivity index (χ1v) is 9.18. The number of benzene rings is 2. The summed E-state index contributed by atoms with van der Waals surface area (Å²) in [7, 11) is 1.94. The summed E-state index contributed by atoms with van der Waals surface area (Å²) in [6.07, 6.45) is 1.83. The highest BCUT2D eigenvalue weighted by atomic mass is 15.4. The van der Waals surface area contributed by atoms with Crippen LogP contribution in [0, 0.1) is 0 Å². The summed E-state index contributed by atoms with van der Waals surface area (Å²) in [4.78, 5) is 2.55. The molecule has 2 atom stereocenters. The average Bonchev–Trinajstić information content (AvgIpc) is 3.27. The van der Waals surface area contributed by atoms with Gasteiger partial charge in [0.2, 0.25) is 0 Å². The SMILES string of the molecule is Cn1nncc1CN[C@@H]1CN(Cc2ccccc2)C[C@H]1c1ccccc1. The first-order chi connectivity index (χ1) is 12.8. The van der Waals surface area contributed by atoms with E-state index >= 15 is 0 Å². The van der Waals surface area contributed by atoms with Gasteiger partial charge in [0, 0.05) is 45.2 Å². The van der Waals surface area contributed by atoms with Crippen molar-refractivity contribution in [2.45, 2.75) is 25.0 Å². The normalized spacial score (nSPS) is 20.5. The molecule has 134 valence electrons. The third kappa shape index (κ3) is 3.84. The smallest absolute Gasteiger partial charge is 0.0738 e. The molecule has 2 aromatic carbocycles. The average molecular weight is 347 g/mol. The summed E-state index contributed by atoms with van der Waals surface area (Å²) < 4.78 is 1.83. The van der Waals surface area contributed by atoms with Gasteiger partial charge in [0.25, 0.3) is 0 Å². The molecule has 1 saturated heterocycles. The Kier molecular flexibility index (Phi) is 5.09. The van der Waals surface area contributed by atoms with Gasteiger partial charge in [-0.05, 0) is 11.1 Å². The maximum absolute atomic E-state index is 4.03. The molecule has 0 saturated carbocycles. The van der Waals surface area contributed by atoms with Crippen LogP contribution in [0.2, 0.25) is 0 Å². The summed E-state index contributed by atoms with van der Waals surface area (Å²) >= 11 is 0. The van der Waals surface area contributed by atoms with Gasteiger partial charge in [-0.3, -0.25) is 9.58 Å². The Balaban J connectivity index is 1.48. The van der Waals surface area contributed by atoms with Crippen molar-refractivity contribution >= 4 is 0 Å². The Morgan fingerprint density at radius 1 is 1.00 bits per heavy atom. The zero-order chi connectivity index (χ0) is 17.8. The van der Waals surface area contributed by atoms with E-state index in [1.165, 1.54) is 11.1 Å². The summed E-state index contributed by atoms with van der Waals surface area (Å²) in [5, 5.41) is 11.8. The molecule has 0 amide bonds. The molecule has 5 nitrogen and oxygen atoms in total. The molecule has 1 N–H and O–H groups in total. The molecule has 5 heteroatoms. The van der Waals surface area contributed by atoms with Crippen LogP contribution in [0.25, 0.3) is 0 Å². The second-order valence-corrected chi connectivity index (χ2v) is 7.03. The molecule has 2 heterocycles. The van der Waals surface area contributed by atoms with Gasteiger partial charge < -0.3 is 5.32 Å². The molecule has 0 spiro atoms. The van der Waals surface area contributed by atoms with Crippen molar-refractivity contribution in [3.8, 4) is 0 Å². The van der Waals surface area contributed by atoms with E-state index in [-0.39, 0.29) is 0 Å². The van der Waals surface area contributed by atoms with E-state index in [4.69, 9.17) is 0 Å². The molecular weight excluding hydrogens is 322 g/mol. The van der Waals surface area contributed by atoms with Gasteiger partial charge in [-0.2, -0.15) is 0 Å². The highest BCUT2D eigenvalue weighted by Crippen LogP contribution is 2.29. The third-order valence-corrected chi connectivity index (χ3v) is 5.23. The molecule has 26 heavy (non-hydrogen) atoms. The molecule has 0 aliphatic carbocycles. The second-order valence-electron chi connectivity index (χ2n) is 7.03. The topological polar surface area (TPSA) is 46.0 Å². The minimum atomic E-state index is 0.413. The molecule has 3 aromatic rings. The van der Waals surface area contributed by atoms with E-state index < -0.39 is 0 Å². The van der Waals surface area contributed by atoms with Crippen LogP contribution in [0.15, 0.2) is 66.9 Å². The van der Waals surface area contributed by atoms with Crippen molar-refractivity contribution in [1.29, 1.82) is 0 Å².